The van der Waals surface area contributed by atoms with Crippen molar-refractivity contribution in [2.24, 2.45) is 0 Å². The van der Waals surface area contributed by atoms with Crippen LogP contribution in [-0.2, 0) is 11.2 Å². The van der Waals surface area contributed by atoms with E-state index in [9.17, 15) is 5.11 Å². The molecule has 0 bridgehead atoms. The van der Waals surface area contributed by atoms with Crippen LogP contribution in [0.2, 0.25) is 0 Å². The smallest absolute Gasteiger partial charge is 0.135 e. The molecule has 1 aromatic heterocycles. The van der Waals surface area contributed by atoms with Gasteiger partial charge in [-0.25, -0.2) is 0 Å². The number of rotatable bonds is 3. The summed E-state index contributed by atoms with van der Waals surface area (Å²) in [5, 5.41) is 10.0. The highest BCUT2D eigenvalue weighted by atomic mass is 16.5. The Morgan fingerprint density at radius 3 is 2.87 bits per heavy atom. The maximum atomic E-state index is 10.0. The van der Waals surface area contributed by atoms with E-state index >= 15 is 0 Å². The molecule has 0 amide bonds. The summed E-state index contributed by atoms with van der Waals surface area (Å²) in [6, 6.07) is 3.79. The predicted molar refractivity (Wildman–Crippen MR) is 56.4 cm³/mol. The first-order valence-electron chi connectivity index (χ1n) is 5.16. The van der Waals surface area contributed by atoms with E-state index in [1.807, 2.05) is 32.1 Å². The van der Waals surface area contributed by atoms with Crippen molar-refractivity contribution in [3.63, 3.8) is 0 Å². The third kappa shape index (κ3) is 2.07. The first-order valence-corrected chi connectivity index (χ1v) is 5.16. The van der Waals surface area contributed by atoms with Gasteiger partial charge in [-0.2, -0.15) is 0 Å². The number of furan rings is 1. The lowest BCUT2D eigenvalue weighted by Gasteiger charge is -2.28. The molecule has 1 aliphatic heterocycles. The van der Waals surface area contributed by atoms with E-state index < -0.39 is 11.7 Å². The molecular formula is C12H16O3. The minimum absolute atomic E-state index is 0.492. The summed E-state index contributed by atoms with van der Waals surface area (Å²) in [6.07, 6.45) is 4.27. The summed E-state index contributed by atoms with van der Waals surface area (Å²) in [6.45, 7) is 3.80. The molecule has 82 valence electrons. The van der Waals surface area contributed by atoms with Crippen molar-refractivity contribution in [3.8, 4) is 0 Å². The summed E-state index contributed by atoms with van der Waals surface area (Å²) in [5.74, 6) is 1.67. The van der Waals surface area contributed by atoms with Crippen LogP contribution in [0.1, 0.15) is 24.9 Å². The Kier molecular flexibility index (Phi) is 2.57. The van der Waals surface area contributed by atoms with Crippen molar-refractivity contribution in [1.82, 2.24) is 0 Å². The fourth-order valence-corrected chi connectivity index (χ4v) is 1.75. The predicted octanol–water partition coefficient (Wildman–Crippen LogP) is 2.18. The third-order valence-electron chi connectivity index (χ3n) is 2.85. The maximum absolute atomic E-state index is 10.0. The fourth-order valence-electron chi connectivity index (χ4n) is 1.75. The number of aryl methyl sites for hydroxylation is 1. The average Bonchev–Trinajstić information content (AvgIpc) is 2.76. The number of ether oxygens (including phenoxy) is 1. The Labute approximate surface area is 89.4 Å². The van der Waals surface area contributed by atoms with Crippen molar-refractivity contribution in [1.29, 1.82) is 0 Å². The quantitative estimate of drug-likeness (QED) is 0.827. The first kappa shape index (κ1) is 10.3. The van der Waals surface area contributed by atoms with Crippen LogP contribution in [0.3, 0.4) is 0 Å². The van der Waals surface area contributed by atoms with Gasteiger partial charge >= 0.3 is 0 Å². The molecule has 2 atom stereocenters. The lowest BCUT2D eigenvalue weighted by molar-refractivity contribution is -0.0564. The average molecular weight is 208 g/mol. The zero-order valence-electron chi connectivity index (χ0n) is 9.06. The summed E-state index contributed by atoms with van der Waals surface area (Å²) in [5.41, 5.74) is -0.499. The molecule has 2 rings (SSSR count). The van der Waals surface area contributed by atoms with Crippen LogP contribution in [0.4, 0.5) is 0 Å². The van der Waals surface area contributed by atoms with Crippen LogP contribution >= 0.6 is 0 Å². The molecule has 0 saturated heterocycles. The molecule has 1 aliphatic rings. The second kappa shape index (κ2) is 3.74. The first-order chi connectivity index (χ1) is 7.10. The molecule has 0 saturated carbocycles. The van der Waals surface area contributed by atoms with Crippen LogP contribution in [0, 0.1) is 6.92 Å². The van der Waals surface area contributed by atoms with Crippen LogP contribution in [0.5, 0.6) is 0 Å². The standard InChI is InChI=1S/C12H16O3/c1-9-4-5-10(15-9)8-11(13)12(2)6-3-7-14-12/h3-5,7,11,13H,6,8H2,1-2H3. The number of aliphatic hydroxyl groups excluding tert-OH is 1. The van der Waals surface area contributed by atoms with E-state index in [0.717, 1.165) is 17.9 Å². The summed E-state index contributed by atoms with van der Waals surface area (Å²) >= 11 is 0. The largest absolute Gasteiger partial charge is 0.492 e. The molecule has 3 heteroatoms. The lowest BCUT2D eigenvalue weighted by Crippen LogP contribution is -2.39. The molecular weight excluding hydrogens is 192 g/mol. The van der Waals surface area contributed by atoms with Gasteiger partial charge in [0.25, 0.3) is 0 Å². The van der Waals surface area contributed by atoms with E-state index in [0.29, 0.717) is 6.42 Å². The van der Waals surface area contributed by atoms with E-state index in [1.54, 1.807) is 6.26 Å². The number of aliphatic hydroxyl groups is 1. The normalized spacial score (nSPS) is 26.6. The molecule has 1 aromatic rings. The molecule has 0 spiro atoms. The summed E-state index contributed by atoms with van der Waals surface area (Å²) in [7, 11) is 0. The summed E-state index contributed by atoms with van der Waals surface area (Å²) < 4.78 is 10.8. The Morgan fingerprint density at radius 1 is 1.53 bits per heavy atom. The van der Waals surface area contributed by atoms with Gasteiger partial charge in [-0.1, -0.05) is 0 Å². The van der Waals surface area contributed by atoms with Crippen LogP contribution in [-0.4, -0.2) is 16.8 Å². The fraction of sp³-hybridized carbons (Fsp3) is 0.500. The van der Waals surface area contributed by atoms with Crippen molar-refractivity contribution < 1.29 is 14.3 Å². The van der Waals surface area contributed by atoms with Gasteiger partial charge in [0, 0.05) is 12.8 Å². The van der Waals surface area contributed by atoms with Crippen LogP contribution in [0.15, 0.2) is 28.9 Å². The Balaban J connectivity index is 2.00. The molecule has 2 unspecified atom stereocenters. The molecule has 0 radical (unpaired) electrons. The van der Waals surface area contributed by atoms with Gasteiger partial charge in [0.15, 0.2) is 0 Å². The van der Waals surface area contributed by atoms with Gasteiger partial charge in [0.2, 0.25) is 0 Å². The topological polar surface area (TPSA) is 42.6 Å². The highest BCUT2D eigenvalue weighted by Crippen LogP contribution is 2.28. The maximum Gasteiger partial charge on any atom is 0.135 e. The Hall–Kier alpha value is -1.22. The number of hydrogen-bond acceptors (Lipinski definition) is 3. The van der Waals surface area contributed by atoms with E-state index in [1.165, 1.54) is 0 Å². The van der Waals surface area contributed by atoms with E-state index in [4.69, 9.17) is 9.15 Å². The van der Waals surface area contributed by atoms with Gasteiger partial charge in [0.05, 0.1) is 6.26 Å². The molecule has 3 nitrogen and oxygen atoms in total. The molecule has 1 N–H and O–H groups in total. The van der Waals surface area contributed by atoms with Crippen molar-refractivity contribution >= 4 is 0 Å². The van der Waals surface area contributed by atoms with Gasteiger partial charge in [0.1, 0.15) is 23.2 Å². The molecule has 15 heavy (non-hydrogen) atoms. The minimum atomic E-state index is -0.543. The SMILES string of the molecule is Cc1ccc(CC(O)C2(C)CC=CO2)o1. The lowest BCUT2D eigenvalue weighted by atomic mass is 9.93. The highest BCUT2D eigenvalue weighted by Gasteiger charge is 2.36. The minimum Gasteiger partial charge on any atom is -0.492 e. The Bertz CT molecular complexity index is 357. The van der Waals surface area contributed by atoms with Gasteiger partial charge in [-0.15, -0.1) is 0 Å². The van der Waals surface area contributed by atoms with Gasteiger partial charge < -0.3 is 14.3 Å². The monoisotopic (exact) mass is 208 g/mol. The van der Waals surface area contributed by atoms with Gasteiger partial charge in [-0.05, 0) is 32.1 Å². The molecule has 0 aromatic carbocycles. The highest BCUT2D eigenvalue weighted by molar-refractivity contribution is 5.09. The second-order valence-electron chi connectivity index (χ2n) is 4.24. The van der Waals surface area contributed by atoms with Crippen LogP contribution in [0.25, 0.3) is 0 Å². The second-order valence-corrected chi connectivity index (χ2v) is 4.24. The van der Waals surface area contributed by atoms with E-state index in [-0.39, 0.29) is 0 Å². The number of hydrogen-bond donors (Lipinski definition) is 1. The van der Waals surface area contributed by atoms with Crippen molar-refractivity contribution in [2.45, 2.75) is 38.4 Å². The van der Waals surface area contributed by atoms with Crippen molar-refractivity contribution in [3.05, 3.63) is 36.0 Å². The van der Waals surface area contributed by atoms with Crippen molar-refractivity contribution in [2.75, 3.05) is 0 Å². The Morgan fingerprint density at radius 2 is 2.33 bits per heavy atom. The van der Waals surface area contributed by atoms with E-state index in [2.05, 4.69) is 0 Å². The molecule has 0 fully saturated rings. The molecule has 2 heterocycles. The summed E-state index contributed by atoms with van der Waals surface area (Å²) in [4.78, 5) is 0. The zero-order valence-corrected chi connectivity index (χ0v) is 9.06. The zero-order chi connectivity index (χ0) is 10.9. The van der Waals surface area contributed by atoms with Crippen LogP contribution < -0.4 is 0 Å². The third-order valence-corrected chi connectivity index (χ3v) is 2.85. The van der Waals surface area contributed by atoms with Gasteiger partial charge in [-0.3, -0.25) is 0 Å². The molecule has 0 aliphatic carbocycles.